The Balaban J connectivity index is 1.73. The molecule has 10 heteroatoms. The van der Waals surface area contributed by atoms with Crippen LogP contribution in [-0.4, -0.2) is 48.6 Å². The molecule has 2 aromatic rings. The van der Waals surface area contributed by atoms with Crippen molar-refractivity contribution in [1.82, 2.24) is 24.1 Å². The number of carbonyl (C=O) groups excluding carboxylic acids is 1. The highest BCUT2D eigenvalue weighted by Gasteiger charge is 2.34. The van der Waals surface area contributed by atoms with Crippen molar-refractivity contribution in [2.45, 2.75) is 51.1 Å². The maximum absolute atomic E-state index is 12.8. The molecular formula is C21H30ClN5O3S. The third-order valence-corrected chi connectivity index (χ3v) is 6.87. The molecule has 1 amide bonds. The minimum atomic E-state index is -4.08. The number of benzene rings is 1. The molecule has 31 heavy (non-hydrogen) atoms. The minimum Gasteiger partial charge on any atom is -0.301 e. The number of likely N-dealkylation sites (tertiary alicyclic amines) is 1. The molecular weight excluding hydrogens is 438 g/mol. The standard InChI is InChI=1S/C21H30ClN5O3S/c1-14(2)16-8-15(9-18(22)11-16)10-20(28)24-31(29,30)25-21(17-12-23-27(4)13-17)19-6-5-7-26(19)3/h8-9,11-14,19,21,25H,5-7,10H2,1-4H3,(H,24,28)/t19-,21?/m0/s1. The maximum Gasteiger partial charge on any atom is 0.301 e. The molecule has 8 nitrogen and oxygen atoms in total. The van der Waals surface area contributed by atoms with Crippen LogP contribution in [0.3, 0.4) is 0 Å². The lowest BCUT2D eigenvalue weighted by atomic mass is 9.99. The van der Waals surface area contributed by atoms with Gasteiger partial charge in [-0.2, -0.15) is 18.2 Å². The third-order valence-electron chi connectivity index (χ3n) is 5.59. The molecule has 0 aliphatic carbocycles. The molecule has 1 aromatic heterocycles. The van der Waals surface area contributed by atoms with Crippen LogP contribution in [0.4, 0.5) is 0 Å². The fourth-order valence-corrected chi connectivity index (χ4v) is 5.33. The first kappa shape index (κ1) is 23.7. The summed E-state index contributed by atoms with van der Waals surface area (Å²) in [4.78, 5) is 14.7. The summed E-state index contributed by atoms with van der Waals surface area (Å²) in [5.74, 6) is -0.372. The molecule has 1 unspecified atom stereocenters. The zero-order valence-corrected chi connectivity index (χ0v) is 19.9. The molecule has 2 N–H and O–H groups in total. The number of amides is 1. The van der Waals surface area contributed by atoms with Gasteiger partial charge in [-0.05, 0) is 55.6 Å². The Kier molecular flexibility index (Phi) is 7.41. The van der Waals surface area contributed by atoms with Crippen LogP contribution in [0.2, 0.25) is 5.02 Å². The minimum absolute atomic E-state index is 0.0163. The molecule has 0 saturated carbocycles. The molecule has 0 spiro atoms. The van der Waals surface area contributed by atoms with E-state index in [4.69, 9.17) is 11.6 Å². The van der Waals surface area contributed by atoms with Crippen LogP contribution in [0.25, 0.3) is 0 Å². The van der Waals surface area contributed by atoms with Crippen LogP contribution in [0.15, 0.2) is 30.6 Å². The number of halogens is 1. The van der Waals surface area contributed by atoms with Crippen molar-refractivity contribution in [3.05, 3.63) is 52.3 Å². The van der Waals surface area contributed by atoms with Crippen LogP contribution in [-0.2, 0) is 28.5 Å². The van der Waals surface area contributed by atoms with Crippen LogP contribution in [0.5, 0.6) is 0 Å². The molecule has 1 aliphatic heterocycles. The van der Waals surface area contributed by atoms with Gasteiger partial charge in [0.15, 0.2) is 0 Å². The number of nitrogens with zero attached hydrogens (tertiary/aromatic N) is 3. The van der Waals surface area contributed by atoms with Gasteiger partial charge in [-0.3, -0.25) is 9.48 Å². The zero-order chi connectivity index (χ0) is 22.8. The van der Waals surface area contributed by atoms with Crippen molar-refractivity contribution >= 4 is 27.7 Å². The van der Waals surface area contributed by atoms with Gasteiger partial charge in [0.2, 0.25) is 5.91 Å². The number of aryl methyl sites for hydroxylation is 1. The number of carbonyl (C=O) groups is 1. The number of likely N-dealkylation sites (N-methyl/N-ethyl adjacent to an activating group) is 1. The lowest BCUT2D eigenvalue weighted by Gasteiger charge is -2.29. The average Bonchev–Trinajstić information content (AvgIpc) is 3.27. The van der Waals surface area contributed by atoms with Crippen LogP contribution < -0.4 is 9.44 Å². The highest BCUT2D eigenvalue weighted by Crippen LogP contribution is 2.28. The van der Waals surface area contributed by atoms with Gasteiger partial charge in [0.1, 0.15) is 0 Å². The average molecular weight is 468 g/mol. The summed E-state index contributed by atoms with van der Waals surface area (Å²) < 4.78 is 32.1. The summed E-state index contributed by atoms with van der Waals surface area (Å²) in [6.45, 7) is 4.95. The summed E-state index contributed by atoms with van der Waals surface area (Å²) in [5, 5.41) is 4.70. The Morgan fingerprint density at radius 2 is 2.00 bits per heavy atom. The summed E-state index contributed by atoms with van der Waals surface area (Å²) in [5.41, 5.74) is 2.43. The fourth-order valence-electron chi connectivity index (χ4n) is 4.01. The van der Waals surface area contributed by atoms with E-state index in [0.717, 1.165) is 30.5 Å². The van der Waals surface area contributed by atoms with Gasteiger partial charge in [0.05, 0.1) is 18.7 Å². The number of rotatable bonds is 8. The van der Waals surface area contributed by atoms with Crippen molar-refractivity contribution in [1.29, 1.82) is 0 Å². The van der Waals surface area contributed by atoms with E-state index in [1.54, 1.807) is 30.2 Å². The van der Waals surface area contributed by atoms with Crippen molar-refractivity contribution in [2.24, 2.45) is 7.05 Å². The molecule has 3 rings (SSSR count). The van der Waals surface area contributed by atoms with E-state index in [1.165, 1.54) is 0 Å². The van der Waals surface area contributed by atoms with Gasteiger partial charge in [0, 0.05) is 29.9 Å². The highest BCUT2D eigenvalue weighted by atomic mass is 35.5. The Morgan fingerprint density at radius 1 is 1.26 bits per heavy atom. The molecule has 1 aliphatic rings. The first-order chi connectivity index (χ1) is 14.5. The summed E-state index contributed by atoms with van der Waals surface area (Å²) in [6.07, 6.45) is 5.20. The largest absolute Gasteiger partial charge is 0.301 e. The van der Waals surface area contributed by atoms with Gasteiger partial charge >= 0.3 is 10.2 Å². The van der Waals surface area contributed by atoms with E-state index >= 15 is 0 Å². The SMILES string of the molecule is CC(C)c1cc(Cl)cc(CC(=O)NS(=O)(=O)NC(c2cnn(C)c2)[C@@H]2CCCN2C)c1. The van der Waals surface area contributed by atoms with E-state index < -0.39 is 22.2 Å². The topological polar surface area (TPSA) is 96.3 Å². The van der Waals surface area contributed by atoms with Crippen molar-refractivity contribution in [3.63, 3.8) is 0 Å². The number of hydrogen-bond acceptors (Lipinski definition) is 5. The highest BCUT2D eigenvalue weighted by molar-refractivity contribution is 7.88. The molecule has 0 radical (unpaired) electrons. The first-order valence-corrected chi connectivity index (χ1v) is 12.2. The van der Waals surface area contributed by atoms with Crippen molar-refractivity contribution < 1.29 is 13.2 Å². The van der Waals surface area contributed by atoms with E-state index in [1.807, 2.05) is 33.0 Å². The van der Waals surface area contributed by atoms with E-state index in [9.17, 15) is 13.2 Å². The molecule has 1 fully saturated rings. The van der Waals surface area contributed by atoms with Gasteiger partial charge in [-0.1, -0.05) is 31.5 Å². The molecule has 1 saturated heterocycles. The summed E-state index contributed by atoms with van der Waals surface area (Å²) >= 11 is 6.16. The Labute approximate surface area is 189 Å². The lowest BCUT2D eigenvalue weighted by molar-refractivity contribution is -0.118. The maximum atomic E-state index is 12.8. The predicted octanol–water partition coefficient (Wildman–Crippen LogP) is 2.53. The van der Waals surface area contributed by atoms with Crippen molar-refractivity contribution in [3.8, 4) is 0 Å². The number of nitrogens with one attached hydrogen (secondary N) is 2. The Hall–Kier alpha value is -1.94. The Bertz CT molecular complexity index is 1040. The smallest absolute Gasteiger partial charge is 0.301 e. The summed E-state index contributed by atoms with van der Waals surface area (Å²) in [6, 6.07) is 4.88. The third kappa shape index (κ3) is 6.29. The molecule has 170 valence electrons. The number of hydrogen-bond donors (Lipinski definition) is 2. The van der Waals surface area contributed by atoms with Crippen LogP contribution in [0.1, 0.15) is 55.3 Å². The molecule has 2 atom stereocenters. The van der Waals surface area contributed by atoms with E-state index in [-0.39, 0.29) is 18.4 Å². The lowest BCUT2D eigenvalue weighted by Crippen LogP contribution is -2.47. The normalized spacial score (nSPS) is 18.5. The predicted molar refractivity (Wildman–Crippen MR) is 121 cm³/mol. The van der Waals surface area contributed by atoms with Gasteiger partial charge < -0.3 is 4.90 Å². The summed E-state index contributed by atoms with van der Waals surface area (Å²) in [7, 11) is -0.328. The fraction of sp³-hybridized carbons (Fsp3) is 0.524. The first-order valence-electron chi connectivity index (χ1n) is 10.3. The van der Waals surface area contributed by atoms with Crippen LogP contribution in [0, 0.1) is 0 Å². The van der Waals surface area contributed by atoms with E-state index in [2.05, 4.69) is 19.4 Å². The second-order valence-corrected chi connectivity index (χ2v) is 10.4. The van der Waals surface area contributed by atoms with E-state index in [0.29, 0.717) is 10.6 Å². The van der Waals surface area contributed by atoms with Crippen molar-refractivity contribution in [2.75, 3.05) is 13.6 Å². The second kappa shape index (κ2) is 9.68. The number of aromatic nitrogens is 2. The zero-order valence-electron chi connectivity index (χ0n) is 18.3. The molecule has 1 aromatic carbocycles. The molecule has 2 heterocycles. The second-order valence-electron chi connectivity index (χ2n) is 8.49. The van der Waals surface area contributed by atoms with Gasteiger partial charge in [-0.25, -0.2) is 4.72 Å². The quantitative estimate of drug-likeness (QED) is 0.621. The van der Waals surface area contributed by atoms with Gasteiger partial charge in [0.25, 0.3) is 0 Å². The monoisotopic (exact) mass is 467 g/mol. The van der Waals surface area contributed by atoms with Crippen LogP contribution >= 0.6 is 11.6 Å². The Morgan fingerprint density at radius 3 is 2.58 bits per heavy atom. The molecule has 0 bridgehead atoms. The van der Waals surface area contributed by atoms with Gasteiger partial charge in [-0.15, -0.1) is 0 Å².